The lowest BCUT2D eigenvalue weighted by atomic mass is 10.2. The van der Waals surface area contributed by atoms with Gasteiger partial charge in [-0.1, -0.05) is 30.3 Å². The fourth-order valence-corrected chi connectivity index (χ4v) is 3.50. The second-order valence-electron chi connectivity index (χ2n) is 7.69. The second kappa shape index (κ2) is 10.0. The minimum Gasteiger partial charge on any atom is -0.489 e. The van der Waals surface area contributed by atoms with Gasteiger partial charge in [0.1, 0.15) is 18.1 Å². The van der Waals surface area contributed by atoms with Crippen LogP contribution in [0.1, 0.15) is 25.3 Å². The van der Waals surface area contributed by atoms with Gasteiger partial charge in [-0.05, 0) is 67.4 Å². The Hall–Kier alpha value is -3.80. The highest BCUT2D eigenvalue weighted by Gasteiger charge is 2.22. The van der Waals surface area contributed by atoms with Crippen LogP contribution >= 0.6 is 0 Å². The minimum atomic E-state index is -0.678. The Kier molecular flexibility index (Phi) is 6.70. The van der Waals surface area contributed by atoms with E-state index in [-0.39, 0.29) is 11.8 Å². The molecular formula is C26H26N2O4. The predicted molar refractivity (Wildman–Crippen MR) is 124 cm³/mol. The SMILES string of the molecule is CC(Oc1ccc(N2CCCC2=O)cc1)C(=O)Nc1ccc(OCc2ccccc2)cc1. The zero-order valence-electron chi connectivity index (χ0n) is 18.0. The first-order chi connectivity index (χ1) is 15.6. The Labute approximate surface area is 187 Å². The number of carbonyl (C=O) groups is 2. The summed E-state index contributed by atoms with van der Waals surface area (Å²) in [5.74, 6) is 1.20. The smallest absolute Gasteiger partial charge is 0.265 e. The van der Waals surface area contributed by atoms with Crippen molar-refractivity contribution in [1.29, 1.82) is 0 Å². The Morgan fingerprint density at radius 3 is 2.31 bits per heavy atom. The van der Waals surface area contributed by atoms with Gasteiger partial charge in [-0.3, -0.25) is 9.59 Å². The number of ether oxygens (including phenoxy) is 2. The summed E-state index contributed by atoms with van der Waals surface area (Å²) in [5.41, 5.74) is 2.61. The fourth-order valence-electron chi connectivity index (χ4n) is 3.50. The number of benzene rings is 3. The number of hydrogen-bond acceptors (Lipinski definition) is 4. The molecule has 2 amide bonds. The van der Waals surface area contributed by atoms with Gasteiger partial charge < -0.3 is 19.7 Å². The molecule has 3 aromatic carbocycles. The van der Waals surface area contributed by atoms with Gasteiger partial charge in [-0.2, -0.15) is 0 Å². The molecule has 0 aliphatic carbocycles. The number of hydrogen-bond donors (Lipinski definition) is 1. The standard InChI is InChI=1S/C26H26N2O4/c1-19(32-24-15-11-22(12-16-24)28-17-5-8-25(28)29)26(30)27-21-9-13-23(14-10-21)31-18-20-6-3-2-4-7-20/h2-4,6-7,9-16,19H,5,8,17-18H2,1H3,(H,27,30). The van der Waals surface area contributed by atoms with Crippen LogP contribution in [0.4, 0.5) is 11.4 Å². The number of amides is 2. The molecule has 32 heavy (non-hydrogen) atoms. The lowest BCUT2D eigenvalue weighted by molar-refractivity contribution is -0.122. The minimum absolute atomic E-state index is 0.142. The van der Waals surface area contributed by atoms with Gasteiger partial charge in [0.15, 0.2) is 6.10 Å². The molecule has 0 bridgehead atoms. The average molecular weight is 431 g/mol. The predicted octanol–water partition coefficient (Wildman–Crippen LogP) is 4.80. The molecule has 6 heteroatoms. The van der Waals surface area contributed by atoms with Crippen molar-refractivity contribution in [2.45, 2.75) is 32.5 Å². The Morgan fingerprint density at radius 1 is 0.969 bits per heavy atom. The lowest BCUT2D eigenvalue weighted by Crippen LogP contribution is -2.30. The summed E-state index contributed by atoms with van der Waals surface area (Å²) in [7, 11) is 0. The summed E-state index contributed by atoms with van der Waals surface area (Å²) in [6.07, 6.45) is 0.799. The molecule has 1 heterocycles. The van der Waals surface area contributed by atoms with Crippen molar-refractivity contribution in [3.8, 4) is 11.5 Å². The van der Waals surface area contributed by atoms with Gasteiger partial charge >= 0.3 is 0 Å². The monoisotopic (exact) mass is 430 g/mol. The summed E-state index contributed by atoms with van der Waals surface area (Å²) >= 11 is 0. The van der Waals surface area contributed by atoms with Gasteiger partial charge in [0.25, 0.3) is 5.91 Å². The zero-order chi connectivity index (χ0) is 22.3. The van der Waals surface area contributed by atoms with E-state index in [1.54, 1.807) is 36.1 Å². The van der Waals surface area contributed by atoms with Crippen molar-refractivity contribution in [3.63, 3.8) is 0 Å². The first-order valence-corrected chi connectivity index (χ1v) is 10.7. The average Bonchev–Trinajstić information content (AvgIpc) is 3.25. The first-order valence-electron chi connectivity index (χ1n) is 10.7. The van der Waals surface area contributed by atoms with E-state index >= 15 is 0 Å². The first kappa shape index (κ1) is 21.4. The van der Waals surface area contributed by atoms with Crippen molar-refractivity contribution >= 4 is 23.2 Å². The molecule has 0 aromatic heterocycles. The van der Waals surface area contributed by atoms with E-state index < -0.39 is 6.10 Å². The lowest BCUT2D eigenvalue weighted by Gasteiger charge is -2.18. The third-order valence-corrected chi connectivity index (χ3v) is 5.27. The van der Waals surface area contributed by atoms with Gasteiger partial charge in [0, 0.05) is 24.3 Å². The van der Waals surface area contributed by atoms with Crippen LogP contribution in [-0.4, -0.2) is 24.5 Å². The number of carbonyl (C=O) groups excluding carboxylic acids is 2. The van der Waals surface area contributed by atoms with Gasteiger partial charge in [0.2, 0.25) is 5.91 Å². The maximum absolute atomic E-state index is 12.5. The fraction of sp³-hybridized carbons (Fsp3) is 0.231. The molecule has 0 saturated carbocycles. The van der Waals surface area contributed by atoms with E-state index in [0.717, 1.165) is 30.0 Å². The van der Waals surface area contributed by atoms with E-state index in [2.05, 4.69) is 5.32 Å². The van der Waals surface area contributed by atoms with Crippen LogP contribution in [0, 0.1) is 0 Å². The van der Waals surface area contributed by atoms with E-state index in [1.807, 2.05) is 54.6 Å². The van der Waals surface area contributed by atoms with Crippen LogP contribution in [-0.2, 0) is 16.2 Å². The molecule has 1 aliphatic heterocycles. The largest absolute Gasteiger partial charge is 0.489 e. The summed E-state index contributed by atoms with van der Waals surface area (Å²) in [5, 5.41) is 2.85. The Bertz CT molecular complexity index is 1050. The molecule has 1 saturated heterocycles. The Balaban J connectivity index is 1.27. The molecule has 1 atom stereocenters. The summed E-state index contributed by atoms with van der Waals surface area (Å²) in [6.45, 7) is 2.93. The Morgan fingerprint density at radius 2 is 1.66 bits per heavy atom. The topological polar surface area (TPSA) is 67.9 Å². The maximum Gasteiger partial charge on any atom is 0.265 e. The molecular weight excluding hydrogens is 404 g/mol. The molecule has 1 fully saturated rings. The van der Waals surface area contributed by atoms with Gasteiger partial charge in [0.05, 0.1) is 0 Å². The number of nitrogens with one attached hydrogen (secondary N) is 1. The van der Waals surface area contributed by atoms with Crippen LogP contribution in [0.25, 0.3) is 0 Å². The van der Waals surface area contributed by atoms with Gasteiger partial charge in [-0.15, -0.1) is 0 Å². The maximum atomic E-state index is 12.5. The van der Waals surface area contributed by atoms with Crippen molar-refractivity contribution in [2.75, 3.05) is 16.8 Å². The molecule has 6 nitrogen and oxygen atoms in total. The molecule has 0 spiro atoms. The number of nitrogens with zero attached hydrogens (tertiary/aromatic N) is 1. The molecule has 1 unspecified atom stereocenters. The van der Waals surface area contributed by atoms with Crippen molar-refractivity contribution in [1.82, 2.24) is 0 Å². The number of anilines is 2. The van der Waals surface area contributed by atoms with E-state index in [1.165, 1.54) is 0 Å². The highest BCUT2D eigenvalue weighted by molar-refractivity contribution is 5.95. The molecule has 3 aromatic rings. The van der Waals surface area contributed by atoms with Crippen molar-refractivity contribution in [3.05, 3.63) is 84.4 Å². The third-order valence-electron chi connectivity index (χ3n) is 5.27. The van der Waals surface area contributed by atoms with Gasteiger partial charge in [-0.25, -0.2) is 0 Å². The highest BCUT2D eigenvalue weighted by atomic mass is 16.5. The van der Waals surface area contributed by atoms with E-state index in [9.17, 15) is 9.59 Å². The van der Waals surface area contributed by atoms with E-state index in [0.29, 0.717) is 24.5 Å². The summed E-state index contributed by atoms with van der Waals surface area (Å²) in [4.78, 5) is 26.1. The summed E-state index contributed by atoms with van der Waals surface area (Å²) in [6, 6.07) is 24.4. The van der Waals surface area contributed by atoms with Crippen LogP contribution in [0.15, 0.2) is 78.9 Å². The normalized spacial score (nSPS) is 14.2. The zero-order valence-corrected chi connectivity index (χ0v) is 18.0. The van der Waals surface area contributed by atoms with Crippen LogP contribution < -0.4 is 19.7 Å². The molecule has 4 rings (SSSR count). The van der Waals surface area contributed by atoms with Crippen LogP contribution in [0.5, 0.6) is 11.5 Å². The molecule has 0 radical (unpaired) electrons. The second-order valence-corrected chi connectivity index (χ2v) is 7.69. The van der Waals surface area contributed by atoms with Crippen molar-refractivity contribution < 1.29 is 19.1 Å². The highest BCUT2D eigenvalue weighted by Crippen LogP contribution is 2.24. The third kappa shape index (κ3) is 5.46. The van der Waals surface area contributed by atoms with Crippen LogP contribution in [0.3, 0.4) is 0 Å². The molecule has 1 aliphatic rings. The van der Waals surface area contributed by atoms with Crippen molar-refractivity contribution in [2.24, 2.45) is 0 Å². The molecule has 1 N–H and O–H groups in total. The van der Waals surface area contributed by atoms with Crippen LogP contribution in [0.2, 0.25) is 0 Å². The number of rotatable bonds is 8. The quantitative estimate of drug-likeness (QED) is 0.558. The molecule has 164 valence electrons. The summed E-state index contributed by atoms with van der Waals surface area (Å²) < 4.78 is 11.5. The van der Waals surface area contributed by atoms with E-state index in [4.69, 9.17) is 9.47 Å².